The number of carbonyl (C=O) groups excluding carboxylic acids is 1. The predicted molar refractivity (Wildman–Crippen MR) is 129 cm³/mol. The van der Waals surface area contributed by atoms with E-state index in [1.54, 1.807) is 30.3 Å². The molecule has 0 spiro atoms. The SMILES string of the molecule is CCn1c(CCC(=O)NCCCCOc2ccc(F)cc2)nc2cc(S(=O)(=O)N(C)C)ccc21. The molecule has 3 rings (SSSR count). The molecule has 34 heavy (non-hydrogen) atoms. The lowest BCUT2D eigenvalue weighted by Crippen LogP contribution is -2.25. The number of nitrogens with zero attached hydrogens (tertiary/aromatic N) is 3. The number of ether oxygens (including phenoxy) is 1. The number of sulfonamides is 1. The molecule has 0 fully saturated rings. The van der Waals surface area contributed by atoms with E-state index in [1.807, 2.05) is 11.5 Å². The van der Waals surface area contributed by atoms with Crippen molar-refractivity contribution in [1.29, 1.82) is 0 Å². The highest BCUT2D eigenvalue weighted by Gasteiger charge is 2.19. The summed E-state index contributed by atoms with van der Waals surface area (Å²) in [5.74, 6) is 1.01. The van der Waals surface area contributed by atoms with Gasteiger partial charge in [0.2, 0.25) is 15.9 Å². The lowest BCUT2D eigenvalue weighted by atomic mass is 10.2. The number of halogens is 1. The molecule has 8 nitrogen and oxygen atoms in total. The minimum Gasteiger partial charge on any atom is -0.494 e. The second-order valence-corrected chi connectivity index (χ2v) is 10.2. The molecule has 10 heteroatoms. The summed E-state index contributed by atoms with van der Waals surface area (Å²) in [4.78, 5) is 17.1. The Hall–Kier alpha value is -2.98. The van der Waals surface area contributed by atoms with Crippen molar-refractivity contribution in [3.63, 3.8) is 0 Å². The number of hydrogen-bond donors (Lipinski definition) is 1. The molecule has 1 N–H and O–H groups in total. The van der Waals surface area contributed by atoms with Crippen LogP contribution in [-0.4, -0.2) is 55.4 Å². The van der Waals surface area contributed by atoms with Crippen LogP contribution >= 0.6 is 0 Å². The molecule has 0 aliphatic carbocycles. The number of benzene rings is 2. The Balaban J connectivity index is 1.48. The Morgan fingerprint density at radius 3 is 2.56 bits per heavy atom. The molecule has 3 aromatic rings. The molecule has 0 saturated carbocycles. The third kappa shape index (κ3) is 6.32. The molecule has 0 unspecified atom stereocenters. The van der Waals surface area contributed by atoms with Crippen molar-refractivity contribution in [3.05, 3.63) is 54.1 Å². The zero-order valence-electron chi connectivity index (χ0n) is 19.8. The molecule has 2 aromatic carbocycles. The van der Waals surface area contributed by atoms with Gasteiger partial charge in [0, 0.05) is 40.0 Å². The lowest BCUT2D eigenvalue weighted by Gasteiger charge is -2.11. The first kappa shape index (κ1) is 25.6. The smallest absolute Gasteiger partial charge is 0.242 e. The summed E-state index contributed by atoms with van der Waals surface area (Å²) in [5.41, 5.74) is 1.44. The summed E-state index contributed by atoms with van der Waals surface area (Å²) in [7, 11) is -0.557. The number of nitrogens with one attached hydrogen (secondary N) is 1. The number of carbonyl (C=O) groups is 1. The van der Waals surface area contributed by atoms with Gasteiger partial charge in [0.1, 0.15) is 17.4 Å². The normalized spacial score (nSPS) is 11.8. The molecule has 1 aromatic heterocycles. The zero-order valence-corrected chi connectivity index (χ0v) is 20.6. The Labute approximate surface area is 199 Å². The van der Waals surface area contributed by atoms with Gasteiger partial charge in [-0.15, -0.1) is 0 Å². The summed E-state index contributed by atoms with van der Waals surface area (Å²) in [6, 6.07) is 10.8. The maximum Gasteiger partial charge on any atom is 0.242 e. The Bertz CT molecular complexity index is 1220. The zero-order chi connectivity index (χ0) is 24.7. The van der Waals surface area contributed by atoms with Crippen LogP contribution in [0.5, 0.6) is 5.75 Å². The van der Waals surface area contributed by atoms with E-state index >= 15 is 0 Å². The first-order valence-corrected chi connectivity index (χ1v) is 12.7. The third-order valence-corrected chi connectivity index (χ3v) is 7.26. The van der Waals surface area contributed by atoms with Crippen LogP contribution in [-0.2, 0) is 27.8 Å². The molecule has 0 aliphatic rings. The highest BCUT2D eigenvalue weighted by molar-refractivity contribution is 7.89. The monoisotopic (exact) mass is 490 g/mol. The van der Waals surface area contributed by atoms with Crippen LogP contribution in [0.2, 0.25) is 0 Å². The summed E-state index contributed by atoms with van der Waals surface area (Å²) >= 11 is 0. The van der Waals surface area contributed by atoms with Crippen molar-refractivity contribution in [2.75, 3.05) is 27.2 Å². The number of rotatable bonds is 12. The van der Waals surface area contributed by atoms with E-state index in [4.69, 9.17) is 4.74 Å². The fraction of sp³-hybridized carbons (Fsp3) is 0.417. The molecule has 1 heterocycles. The minimum absolute atomic E-state index is 0.0648. The van der Waals surface area contributed by atoms with E-state index in [-0.39, 0.29) is 23.0 Å². The van der Waals surface area contributed by atoms with Crippen molar-refractivity contribution in [1.82, 2.24) is 19.2 Å². The molecule has 0 bridgehead atoms. The van der Waals surface area contributed by atoms with Gasteiger partial charge in [0.25, 0.3) is 0 Å². The second-order valence-electron chi connectivity index (χ2n) is 8.07. The van der Waals surface area contributed by atoms with E-state index in [9.17, 15) is 17.6 Å². The molecule has 1 amide bonds. The van der Waals surface area contributed by atoms with Crippen LogP contribution in [0.15, 0.2) is 47.4 Å². The molecule has 0 radical (unpaired) electrons. The van der Waals surface area contributed by atoms with E-state index in [0.29, 0.717) is 37.4 Å². The molecule has 0 atom stereocenters. The second kappa shape index (κ2) is 11.4. The average Bonchev–Trinajstić information content (AvgIpc) is 3.17. The maximum atomic E-state index is 12.9. The summed E-state index contributed by atoms with van der Waals surface area (Å²) in [6.45, 7) is 3.69. The predicted octanol–water partition coefficient (Wildman–Crippen LogP) is 3.35. The Morgan fingerprint density at radius 1 is 1.15 bits per heavy atom. The standard InChI is InChI=1S/C24H31FN4O4S/c1-4-29-22-12-11-20(34(31,32)28(2)3)17-21(22)27-23(29)13-14-24(30)26-15-5-6-16-33-19-9-7-18(25)8-10-19/h7-12,17H,4-6,13-16H2,1-3H3,(H,26,30). The fourth-order valence-electron chi connectivity index (χ4n) is 3.56. The van der Waals surface area contributed by atoms with Crippen molar-refractivity contribution in [2.24, 2.45) is 0 Å². The van der Waals surface area contributed by atoms with E-state index in [1.165, 1.54) is 30.5 Å². The number of unbranched alkanes of at least 4 members (excludes halogenated alkanes) is 1. The number of hydrogen-bond acceptors (Lipinski definition) is 5. The quantitative estimate of drug-likeness (QED) is 0.393. The van der Waals surface area contributed by atoms with Crippen molar-refractivity contribution >= 4 is 27.0 Å². The Morgan fingerprint density at radius 2 is 1.88 bits per heavy atom. The van der Waals surface area contributed by atoms with Crippen LogP contribution in [0.1, 0.15) is 32.0 Å². The average molecular weight is 491 g/mol. The Kier molecular flexibility index (Phi) is 8.62. The highest BCUT2D eigenvalue weighted by atomic mass is 32.2. The van der Waals surface area contributed by atoms with Gasteiger partial charge in [0.15, 0.2) is 0 Å². The van der Waals surface area contributed by atoms with Crippen molar-refractivity contribution < 1.29 is 22.3 Å². The van der Waals surface area contributed by atoms with Gasteiger partial charge in [-0.2, -0.15) is 0 Å². The highest BCUT2D eigenvalue weighted by Crippen LogP contribution is 2.22. The van der Waals surface area contributed by atoms with Crippen LogP contribution in [0.4, 0.5) is 4.39 Å². The van der Waals surface area contributed by atoms with Gasteiger partial charge in [-0.1, -0.05) is 0 Å². The van der Waals surface area contributed by atoms with Crippen LogP contribution in [0.3, 0.4) is 0 Å². The van der Waals surface area contributed by atoms with Crippen LogP contribution in [0.25, 0.3) is 11.0 Å². The number of amides is 1. The van der Waals surface area contributed by atoms with Gasteiger partial charge >= 0.3 is 0 Å². The molecular formula is C24H31FN4O4S. The first-order valence-electron chi connectivity index (χ1n) is 11.3. The van der Waals surface area contributed by atoms with E-state index in [0.717, 1.165) is 24.2 Å². The maximum absolute atomic E-state index is 12.9. The van der Waals surface area contributed by atoms with Gasteiger partial charge in [0.05, 0.1) is 22.5 Å². The summed E-state index contributed by atoms with van der Waals surface area (Å²) in [6.07, 6.45) is 2.28. The number of fused-ring (bicyclic) bond motifs is 1. The molecule has 0 saturated heterocycles. The van der Waals surface area contributed by atoms with Gasteiger partial charge < -0.3 is 14.6 Å². The largest absolute Gasteiger partial charge is 0.494 e. The number of aromatic nitrogens is 2. The third-order valence-electron chi connectivity index (χ3n) is 5.44. The number of aryl methyl sites for hydroxylation is 2. The topological polar surface area (TPSA) is 93.5 Å². The number of imidazole rings is 1. The van der Waals surface area contributed by atoms with E-state index in [2.05, 4.69) is 10.3 Å². The lowest BCUT2D eigenvalue weighted by molar-refractivity contribution is -0.121. The van der Waals surface area contributed by atoms with E-state index < -0.39 is 10.0 Å². The van der Waals surface area contributed by atoms with Crippen LogP contribution < -0.4 is 10.1 Å². The fourth-order valence-corrected chi connectivity index (χ4v) is 4.49. The van der Waals surface area contributed by atoms with Crippen LogP contribution in [0, 0.1) is 5.82 Å². The first-order chi connectivity index (χ1) is 16.2. The van der Waals surface area contributed by atoms with Crippen molar-refractivity contribution in [2.45, 2.75) is 44.0 Å². The molecule has 184 valence electrons. The molecule has 0 aliphatic heterocycles. The van der Waals surface area contributed by atoms with Gasteiger partial charge in [-0.3, -0.25) is 4.79 Å². The molecular weight excluding hydrogens is 459 g/mol. The summed E-state index contributed by atoms with van der Waals surface area (Å²) in [5, 5.41) is 2.91. The summed E-state index contributed by atoms with van der Waals surface area (Å²) < 4.78 is 46.4. The van der Waals surface area contributed by atoms with Gasteiger partial charge in [-0.05, 0) is 62.2 Å². The van der Waals surface area contributed by atoms with Crippen molar-refractivity contribution in [3.8, 4) is 5.75 Å². The minimum atomic E-state index is -3.54. The van der Waals surface area contributed by atoms with Gasteiger partial charge in [-0.25, -0.2) is 22.1 Å².